The SMILES string of the molecule is C[C@@H]1CN(C(=O)CCCCCCN)C[C@H]1C(=O)O. The van der Waals surface area contributed by atoms with Gasteiger partial charge in [-0.05, 0) is 25.3 Å². The summed E-state index contributed by atoms with van der Waals surface area (Å²) in [5.74, 6) is -1.03. The average Bonchev–Trinajstić information content (AvgIpc) is 2.71. The number of carbonyl (C=O) groups excluding carboxylic acids is 1. The van der Waals surface area contributed by atoms with Gasteiger partial charge in [-0.2, -0.15) is 0 Å². The monoisotopic (exact) mass is 256 g/mol. The number of hydrogen-bond acceptors (Lipinski definition) is 3. The number of nitrogens with zero attached hydrogens (tertiary/aromatic N) is 1. The minimum absolute atomic E-state index is 0.0590. The predicted molar refractivity (Wildman–Crippen MR) is 69.0 cm³/mol. The van der Waals surface area contributed by atoms with E-state index in [1.54, 1.807) is 4.90 Å². The fourth-order valence-corrected chi connectivity index (χ4v) is 2.42. The number of carbonyl (C=O) groups is 2. The molecule has 1 amide bonds. The lowest BCUT2D eigenvalue weighted by atomic mass is 9.99. The van der Waals surface area contributed by atoms with E-state index in [2.05, 4.69) is 0 Å². The van der Waals surface area contributed by atoms with Crippen LogP contribution < -0.4 is 5.73 Å². The zero-order valence-electron chi connectivity index (χ0n) is 11.1. The van der Waals surface area contributed by atoms with Gasteiger partial charge in [0.1, 0.15) is 0 Å². The van der Waals surface area contributed by atoms with Crippen molar-refractivity contribution in [3.05, 3.63) is 0 Å². The molecular formula is C13H24N2O3. The molecule has 1 rings (SSSR count). The molecule has 1 aliphatic heterocycles. The molecule has 0 aromatic heterocycles. The van der Waals surface area contributed by atoms with E-state index in [1.165, 1.54) is 0 Å². The molecule has 1 heterocycles. The number of rotatable bonds is 7. The third-order valence-corrected chi connectivity index (χ3v) is 3.63. The van der Waals surface area contributed by atoms with E-state index in [1.807, 2.05) is 6.92 Å². The lowest BCUT2D eigenvalue weighted by Gasteiger charge is -2.15. The number of likely N-dealkylation sites (tertiary alicyclic amines) is 1. The highest BCUT2D eigenvalue weighted by atomic mass is 16.4. The summed E-state index contributed by atoms with van der Waals surface area (Å²) < 4.78 is 0. The maximum Gasteiger partial charge on any atom is 0.308 e. The second-order valence-corrected chi connectivity index (χ2v) is 5.17. The molecule has 2 atom stereocenters. The molecule has 0 radical (unpaired) electrons. The molecule has 1 saturated heterocycles. The highest BCUT2D eigenvalue weighted by Crippen LogP contribution is 2.24. The van der Waals surface area contributed by atoms with E-state index in [0.29, 0.717) is 26.1 Å². The van der Waals surface area contributed by atoms with Gasteiger partial charge in [0, 0.05) is 19.5 Å². The van der Waals surface area contributed by atoms with Crippen LogP contribution in [0.2, 0.25) is 0 Å². The molecule has 0 saturated carbocycles. The van der Waals surface area contributed by atoms with Gasteiger partial charge in [-0.3, -0.25) is 9.59 Å². The van der Waals surface area contributed by atoms with E-state index in [0.717, 1.165) is 25.7 Å². The van der Waals surface area contributed by atoms with Crippen molar-refractivity contribution in [1.82, 2.24) is 4.90 Å². The number of carboxylic acid groups (broad SMARTS) is 1. The zero-order valence-corrected chi connectivity index (χ0v) is 11.1. The molecule has 3 N–H and O–H groups in total. The van der Waals surface area contributed by atoms with Crippen LogP contribution in [0.3, 0.4) is 0 Å². The van der Waals surface area contributed by atoms with Crippen LogP contribution >= 0.6 is 0 Å². The van der Waals surface area contributed by atoms with Crippen molar-refractivity contribution in [2.75, 3.05) is 19.6 Å². The Hall–Kier alpha value is -1.10. The molecule has 0 aromatic carbocycles. The highest BCUT2D eigenvalue weighted by molar-refractivity contribution is 5.78. The van der Waals surface area contributed by atoms with Crippen molar-refractivity contribution >= 4 is 11.9 Å². The molecule has 18 heavy (non-hydrogen) atoms. The van der Waals surface area contributed by atoms with Gasteiger partial charge in [-0.1, -0.05) is 19.8 Å². The van der Waals surface area contributed by atoms with E-state index in [-0.39, 0.29) is 11.8 Å². The number of aliphatic carboxylic acids is 1. The second-order valence-electron chi connectivity index (χ2n) is 5.17. The van der Waals surface area contributed by atoms with Crippen LogP contribution in [0.5, 0.6) is 0 Å². The molecule has 5 heteroatoms. The van der Waals surface area contributed by atoms with Gasteiger partial charge in [0.25, 0.3) is 0 Å². The van der Waals surface area contributed by atoms with Crippen molar-refractivity contribution in [2.24, 2.45) is 17.6 Å². The standard InChI is InChI=1S/C13H24N2O3/c1-10-8-15(9-11(10)13(17)18)12(16)6-4-2-3-5-7-14/h10-11H,2-9,14H2,1H3,(H,17,18)/t10-,11-/m1/s1. The summed E-state index contributed by atoms with van der Waals surface area (Å²) in [7, 11) is 0. The van der Waals surface area contributed by atoms with Gasteiger partial charge in [-0.15, -0.1) is 0 Å². The number of carboxylic acids is 1. The number of amides is 1. The molecule has 0 spiro atoms. The Balaban J connectivity index is 2.25. The van der Waals surface area contributed by atoms with E-state index >= 15 is 0 Å². The Morgan fingerprint density at radius 2 is 1.89 bits per heavy atom. The third-order valence-electron chi connectivity index (χ3n) is 3.63. The third kappa shape index (κ3) is 4.29. The van der Waals surface area contributed by atoms with Crippen molar-refractivity contribution in [3.8, 4) is 0 Å². The summed E-state index contributed by atoms with van der Waals surface area (Å²) in [6.07, 6.45) is 4.51. The van der Waals surface area contributed by atoms with E-state index < -0.39 is 11.9 Å². The van der Waals surface area contributed by atoms with Crippen molar-refractivity contribution < 1.29 is 14.7 Å². The molecule has 0 unspecified atom stereocenters. The maximum absolute atomic E-state index is 11.9. The Bertz CT molecular complexity index is 294. The summed E-state index contributed by atoms with van der Waals surface area (Å²) in [4.78, 5) is 24.6. The molecule has 0 aromatic rings. The summed E-state index contributed by atoms with van der Waals surface area (Å²) >= 11 is 0. The first kappa shape index (κ1) is 15.0. The maximum atomic E-state index is 11.9. The van der Waals surface area contributed by atoms with Gasteiger partial charge in [0.15, 0.2) is 0 Å². The first-order valence-corrected chi connectivity index (χ1v) is 6.77. The largest absolute Gasteiger partial charge is 0.481 e. The molecule has 1 fully saturated rings. The van der Waals surface area contributed by atoms with E-state index in [9.17, 15) is 9.59 Å². The quantitative estimate of drug-likeness (QED) is 0.667. The van der Waals surface area contributed by atoms with Gasteiger partial charge < -0.3 is 15.7 Å². The van der Waals surface area contributed by atoms with Crippen molar-refractivity contribution in [2.45, 2.75) is 39.0 Å². The fourth-order valence-electron chi connectivity index (χ4n) is 2.42. The lowest BCUT2D eigenvalue weighted by Crippen LogP contribution is -2.29. The highest BCUT2D eigenvalue weighted by Gasteiger charge is 2.36. The number of hydrogen-bond donors (Lipinski definition) is 2. The van der Waals surface area contributed by atoms with Crippen LogP contribution in [0.25, 0.3) is 0 Å². The van der Waals surface area contributed by atoms with Crippen LogP contribution in [0.1, 0.15) is 39.0 Å². The van der Waals surface area contributed by atoms with Crippen molar-refractivity contribution in [3.63, 3.8) is 0 Å². The summed E-state index contributed by atoms with van der Waals surface area (Å²) in [5.41, 5.74) is 5.40. The van der Waals surface area contributed by atoms with Gasteiger partial charge in [0.2, 0.25) is 5.91 Å². The first-order chi connectivity index (χ1) is 8.56. The van der Waals surface area contributed by atoms with Crippen LogP contribution in [0, 0.1) is 11.8 Å². The van der Waals surface area contributed by atoms with Gasteiger partial charge >= 0.3 is 5.97 Å². The summed E-state index contributed by atoms with van der Waals surface area (Å²) in [6.45, 7) is 3.56. The summed E-state index contributed by atoms with van der Waals surface area (Å²) in [6, 6.07) is 0. The Kier molecular flexibility index (Phi) is 6.12. The second kappa shape index (κ2) is 7.36. The Morgan fingerprint density at radius 1 is 1.22 bits per heavy atom. The molecule has 0 bridgehead atoms. The predicted octanol–water partition coefficient (Wildman–Crippen LogP) is 1.07. The lowest BCUT2D eigenvalue weighted by molar-refractivity contribution is -0.142. The van der Waals surface area contributed by atoms with Crippen LogP contribution in [0.15, 0.2) is 0 Å². The van der Waals surface area contributed by atoms with Crippen LogP contribution in [0.4, 0.5) is 0 Å². The van der Waals surface area contributed by atoms with Crippen LogP contribution in [-0.4, -0.2) is 41.5 Å². The first-order valence-electron chi connectivity index (χ1n) is 6.77. The summed E-state index contributed by atoms with van der Waals surface area (Å²) in [5, 5.41) is 9.01. The molecule has 0 aliphatic carbocycles. The fraction of sp³-hybridized carbons (Fsp3) is 0.846. The Morgan fingerprint density at radius 3 is 2.44 bits per heavy atom. The van der Waals surface area contributed by atoms with Gasteiger partial charge in [-0.25, -0.2) is 0 Å². The molecule has 5 nitrogen and oxygen atoms in total. The van der Waals surface area contributed by atoms with Gasteiger partial charge in [0.05, 0.1) is 5.92 Å². The average molecular weight is 256 g/mol. The number of unbranched alkanes of at least 4 members (excludes halogenated alkanes) is 3. The molecule has 1 aliphatic rings. The smallest absolute Gasteiger partial charge is 0.308 e. The number of nitrogens with two attached hydrogens (primary N) is 1. The van der Waals surface area contributed by atoms with E-state index in [4.69, 9.17) is 10.8 Å². The topological polar surface area (TPSA) is 83.6 Å². The normalized spacial score (nSPS) is 23.3. The minimum Gasteiger partial charge on any atom is -0.481 e. The Labute approximate surface area is 108 Å². The van der Waals surface area contributed by atoms with Crippen LogP contribution in [-0.2, 0) is 9.59 Å². The minimum atomic E-state index is -0.791. The zero-order chi connectivity index (χ0) is 13.5. The molecular weight excluding hydrogens is 232 g/mol. The molecule has 104 valence electrons. The van der Waals surface area contributed by atoms with Crippen molar-refractivity contribution in [1.29, 1.82) is 0 Å².